The van der Waals surface area contributed by atoms with Crippen molar-refractivity contribution in [3.63, 3.8) is 0 Å². The van der Waals surface area contributed by atoms with Crippen LogP contribution in [0.4, 0.5) is 13.2 Å². The standard InChI is InChI=1S/C27H19F3NOP/c1-18-12-15-25-23(16-18)22-14-13-19(27(28,29)30)17-24(22)26(31-25)33(32,20-8-4-2-5-9-20)21-10-6-3-7-11-21/h2-17H,1H3. The van der Waals surface area contributed by atoms with E-state index in [2.05, 4.69) is 0 Å². The molecule has 0 N–H and O–H groups in total. The number of halogens is 3. The summed E-state index contributed by atoms with van der Waals surface area (Å²) in [4.78, 5) is 4.76. The zero-order chi connectivity index (χ0) is 23.2. The monoisotopic (exact) mass is 461 g/mol. The summed E-state index contributed by atoms with van der Waals surface area (Å²) in [6, 6.07) is 27.0. The first kappa shape index (κ1) is 21.4. The summed E-state index contributed by atoms with van der Waals surface area (Å²) in [6.45, 7) is 1.92. The van der Waals surface area contributed by atoms with Crippen LogP contribution >= 0.6 is 7.14 Å². The van der Waals surface area contributed by atoms with E-state index in [-0.39, 0.29) is 10.8 Å². The Labute approximate surface area is 189 Å². The number of alkyl halides is 3. The Kier molecular flexibility index (Phi) is 5.10. The molecule has 0 radical (unpaired) electrons. The first-order valence-corrected chi connectivity index (χ1v) is 12.1. The fraction of sp³-hybridized carbons (Fsp3) is 0.0741. The van der Waals surface area contributed by atoms with E-state index in [0.29, 0.717) is 21.5 Å². The number of fused-ring (bicyclic) bond motifs is 3. The van der Waals surface area contributed by atoms with Crippen molar-refractivity contribution in [2.75, 3.05) is 0 Å². The van der Waals surface area contributed by atoms with Crippen molar-refractivity contribution in [3.05, 3.63) is 108 Å². The van der Waals surface area contributed by atoms with Crippen LogP contribution in [0.2, 0.25) is 0 Å². The molecule has 5 aromatic rings. The van der Waals surface area contributed by atoms with Gasteiger partial charge in [-0.2, -0.15) is 13.2 Å². The smallest absolute Gasteiger partial charge is 0.307 e. The lowest BCUT2D eigenvalue weighted by Gasteiger charge is -2.22. The Hall–Kier alpha value is -3.43. The van der Waals surface area contributed by atoms with Crippen LogP contribution in [0.25, 0.3) is 21.7 Å². The topological polar surface area (TPSA) is 30.0 Å². The molecule has 0 aliphatic heterocycles. The van der Waals surface area contributed by atoms with Gasteiger partial charge in [0.15, 0.2) is 7.14 Å². The third-order valence-electron chi connectivity index (χ3n) is 5.79. The predicted molar refractivity (Wildman–Crippen MR) is 128 cm³/mol. The molecule has 4 aromatic carbocycles. The molecule has 164 valence electrons. The van der Waals surface area contributed by atoms with E-state index in [4.69, 9.17) is 4.98 Å². The molecule has 0 atom stereocenters. The maximum absolute atomic E-state index is 15.0. The van der Waals surface area contributed by atoms with Crippen LogP contribution in [-0.4, -0.2) is 4.98 Å². The molecule has 0 fully saturated rings. The van der Waals surface area contributed by atoms with Crippen LogP contribution in [-0.2, 0) is 10.7 Å². The van der Waals surface area contributed by atoms with Crippen LogP contribution in [0.15, 0.2) is 97.1 Å². The Morgan fingerprint density at radius 1 is 0.697 bits per heavy atom. The van der Waals surface area contributed by atoms with Crippen LogP contribution in [0, 0.1) is 6.92 Å². The fourth-order valence-electron chi connectivity index (χ4n) is 4.19. The highest BCUT2D eigenvalue weighted by molar-refractivity contribution is 7.85. The van der Waals surface area contributed by atoms with Crippen molar-refractivity contribution in [1.29, 1.82) is 0 Å². The molecule has 0 bridgehead atoms. The molecule has 0 unspecified atom stereocenters. The van der Waals surface area contributed by atoms with Gasteiger partial charge in [0.1, 0.15) is 5.44 Å². The van der Waals surface area contributed by atoms with E-state index in [1.54, 1.807) is 48.5 Å². The summed E-state index contributed by atoms with van der Waals surface area (Å²) in [5.41, 5.74) is 0.928. The average molecular weight is 461 g/mol. The molecule has 0 aliphatic rings. The Morgan fingerprint density at radius 3 is 1.88 bits per heavy atom. The van der Waals surface area contributed by atoms with Gasteiger partial charge in [0, 0.05) is 21.4 Å². The SMILES string of the molecule is Cc1ccc2nc(P(=O)(c3ccccc3)c3ccccc3)c3cc(C(F)(F)F)ccc3c2c1. The Morgan fingerprint density at radius 2 is 1.30 bits per heavy atom. The molecule has 0 aliphatic carbocycles. The van der Waals surface area contributed by atoms with E-state index in [9.17, 15) is 17.7 Å². The number of aryl methyl sites for hydroxylation is 1. The summed E-state index contributed by atoms with van der Waals surface area (Å²) in [5, 5.41) is 2.62. The van der Waals surface area contributed by atoms with Gasteiger partial charge in [-0.25, -0.2) is 4.98 Å². The molecular formula is C27H19F3NOP. The van der Waals surface area contributed by atoms with E-state index in [1.807, 2.05) is 37.3 Å². The number of hydrogen-bond donors (Lipinski definition) is 0. The second-order valence-corrected chi connectivity index (χ2v) is 10.7. The maximum Gasteiger partial charge on any atom is 0.416 e. The molecule has 0 saturated carbocycles. The first-order chi connectivity index (χ1) is 15.8. The minimum atomic E-state index is -4.53. The van der Waals surface area contributed by atoms with Crippen LogP contribution < -0.4 is 16.0 Å². The highest BCUT2D eigenvalue weighted by atomic mass is 31.2. The number of nitrogens with zero attached hydrogens (tertiary/aromatic N) is 1. The molecule has 0 spiro atoms. The zero-order valence-electron chi connectivity index (χ0n) is 17.7. The number of aromatic nitrogens is 1. The van der Waals surface area contributed by atoms with Crippen molar-refractivity contribution in [2.24, 2.45) is 0 Å². The van der Waals surface area contributed by atoms with Crippen LogP contribution in [0.1, 0.15) is 11.1 Å². The molecule has 2 nitrogen and oxygen atoms in total. The molecule has 0 amide bonds. The highest BCUT2D eigenvalue weighted by Crippen LogP contribution is 2.45. The van der Waals surface area contributed by atoms with Crippen molar-refractivity contribution < 1.29 is 17.7 Å². The lowest BCUT2D eigenvalue weighted by Crippen LogP contribution is -2.28. The number of benzene rings is 4. The number of hydrogen-bond acceptors (Lipinski definition) is 2. The van der Waals surface area contributed by atoms with Crippen molar-refractivity contribution in [1.82, 2.24) is 4.98 Å². The average Bonchev–Trinajstić information content (AvgIpc) is 2.83. The van der Waals surface area contributed by atoms with Gasteiger partial charge >= 0.3 is 6.18 Å². The van der Waals surface area contributed by atoms with Gasteiger partial charge in [-0.3, -0.25) is 0 Å². The third-order valence-corrected chi connectivity index (χ3v) is 8.78. The largest absolute Gasteiger partial charge is 0.416 e. The predicted octanol–water partition coefficient (Wildman–Crippen LogP) is 6.35. The summed E-state index contributed by atoms with van der Waals surface area (Å²) < 4.78 is 56.0. The van der Waals surface area contributed by atoms with Gasteiger partial charge in [0.25, 0.3) is 0 Å². The minimum Gasteiger partial charge on any atom is -0.307 e. The van der Waals surface area contributed by atoms with Gasteiger partial charge < -0.3 is 4.57 Å². The summed E-state index contributed by atoms with van der Waals surface area (Å²) >= 11 is 0. The van der Waals surface area contributed by atoms with Gasteiger partial charge in [-0.15, -0.1) is 0 Å². The van der Waals surface area contributed by atoms with Crippen LogP contribution in [0.5, 0.6) is 0 Å². The highest BCUT2D eigenvalue weighted by Gasteiger charge is 2.36. The van der Waals surface area contributed by atoms with Gasteiger partial charge in [0.05, 0.1) is 11.1 Å². The molecular weight excluding hydrogens is 442 g/mol. The van der Waals surface area contributed by atoms with E-state index in [1.165, 1.54) is 6.07 Å². The molecule has 1 heterocycles. The lowest BCUT2D eigenvalue weighted by molar-refractivity contribution is -0.137. The second kappa shape index (κ2) is 7.86. The van der Waals surface area contributed by atoms with E-state index < -0.39 is 18.9 Å². The van der Waals surface area contributed by atoms with E-state index >= 15 is 0 Å². The maximum atomic E-state index is 15.0. The number of pyridine rings is 1. The Bertz CT molecular complexity index is 1490. The fourth-order valence-corrected chi connectivity index (χ4v) is 6.93. The lowest BCUT2D eigenvalue weighted by atomic mass is 10.0. The minimum absolute atomic E-state index is 0.164. The van der Waals surface area contributed by atoms with Crippen molar-refractivity contribution >= 4 is 44.9 Å². The summed E-state index contributed by atoms with van der Waals surface area (Å²) in [7, 11) is -3.59. The van der Waals surface area contributed by atoms with Crippen molar-refractivity contribution in [3.8, 4) is 0 Å². The zero-order valence-corrected chi connectivity index (χ0v) is 18.6. The van der Waals surface area contributed by atoms with Gasteiger partial charge in [0.2, 0.25) is 0 Å². The third kappa shape index (κ3) is 3.63. The summed E-state index contributed by atoms with van der Waals surface area (Å²) in [6.07, 6.45) is -4.53. The second-order valence-electron chi connectivity index (χ2n) is 7.99. The molecule has 1 aromatic heterocycles. The number of rotatable bonds is 3. The molecule has 0 saturated heterocycles. The first-order valence-electron chi connectivity index (χ1n) is 10.4. The Balaban J connectivity index is 1.97. The summed E-state index contributed by atoms with van der Waals surface area (Å²) in [5.74, 6) is 0. The van der Waals surface area contributed by atoms with Crippen molar-refractivity contribution in [2.45, 2.75) is 13.1 Å². The van der Waals surface area contributed by atoms with Gasteiger partial charge in [-0.05, 0) is 36.6 Å². The van der Waals surface area contributed by atoms with Gasteiger partial charge in [-0.1, -0.05) is 78.4 Å². The molecule has 5 rings (SSSR count). The van der Waals surface area contributed by atoms with Crippen LogP contribution in [0.3, 0.4) is 0 Å². The normalized spacial score (nSPS) is 12.4. The quantitative estimate of drug-likeness (QED) is 0.231. The molecule has 33 heavy (non-hydrogen) atoms. The van der Waals surface area contributed by atoms with E-state index in [0.717, 1.165) is 23.1 Å². The molecule has 6 heteroatoms.